The molecule has 0 aliphatic heterocycles. The number of aliphatic hydroxyl groups excluding tert-OH is 1. The SMILES string of the molecule is CCOc1cc(C(F)(F)F)cc(C(O)c2ccccc2)c1F. The van der Waals surface area contributed by atoms with E-state index in [1.807, 2.05) is 0 Å². The standard InChI is InChI=1S/C16H14F4O2/c1-2-22-13-9-11(16(18,19)20)8-12(14(13)17)15(21)10-6-4-3-5-7-10/h3-9,15,21H,2H2,1H3. The van der Waals surface area contributed by atoms with Gasteiger partial charge in [-0.15, -0.1) is 0 Å². The fourth-order valence-electron chi connectivity index (χ4n) is 2.06. The Labute approximate surface area is 125 Å². The first-order valence-corrected chi connectivity index (χ1v) is 6.61. The quantitative estimate of drug-likeness (QED) is 0.851. The van der Waals surface area contributed by atoms with Crippen LogP contribution in [-0.4, -0.2) is 11.7 Å². The molecule has 118 valence electrons. The minimum Gasteiger partial charge on any atom is -0.491 e. The summed E-state index contributed by atoms with van der Waals surface area (Å²) < 4.78 is 58.0. The van der Waals surface area contributed by atoms with Crippen molar-refractivity contribution in [3.8, 4) is 5.75 Å². The highest BCUT2D eigenvalue weighted by Crippen LogP contribution is 2.37. The van der Waals surface area contributed by atoms with Crippen molar-refractivity contribution in [3.63, 3.8) is 0 Å². The molecular formula is C16H14F4O2. The van der Waals surface area contributed by atoms with Crippen LogP contribution < -0.4 is 4.74 Å². The molecule has 2 rings (SSSR count). The molecule has 0 saturated heterocycles. The van der Waals surface area contributed by atoms with Crippen molar-refractivity contribution in [2.75, 3.05) is 6.61 Å². The Morgan fingerprint density at radius 2 is 1.77 bits per heavy atom. The molecule has 2 aromatic carbocycles. The van der Waals surface area contributed by atoms with Crippen LogP contribution in [-0.2, 0) is 6.18 Å². The molecule has 0 spiro atoms. The van der Waals surface area contributed by atoms with Gasteiger partial charge in [-0.05, 0) is 24.6 Å². The van der Waals surface area contributed by atoms with Gasteiger partial charge in [0.25, 0.3) is 0 Å². The van der Waals surface area contributed by atoms with E-state index in [9.17, 15) is 22.7 Å². The van der Waals surface area contributed by atoms with Gasteiger partial charge in [-0.3, -0.25) is 0 Å². The van der Waals surface area contributed by atoms with Crippen molar-refractivity contribution in [1.82, 2.24) is 0 Å². The van der Waals surface area contributed by atoms with Gasteiger partial charge in [-0.1, -0.05) is 30.3 Å². The summed E-state index contributed by atoms with van der Waals surface area (Å²) in [6.07, 6.45) is -6.17. The summed E-state index contributed by atoms with van der Waals surface area (Å²) in [6.45, 7) is 1.55. The maximum absolute atomic E-state index is 14.3. The lowest BCUT2D eigenvalue weighted by molar-refractivity contribution is -0.137. The summed E-state index contributed by atoms with van der Waals surface area (Å²) in [5, 5.41) is 10.2. The van der Waals surface area contributed by atoms with Gasteiger partial charge in [0, 0.05) is 5.56 Å². The topological polar surface area (TPSA) is 29.5 Å². The molecule has 1 N–H and O–H groups in total. The predicted octanol–water partition coefficient (Wildman–Crippen LogP) is 4.32. The van der Waals surface area contributed by atoms with Crippen molar-refractivity contribution >= 4 is 0 Å². The van der Waals surface area contributed by atoms with E-state index < -0.39 is 35.0 Å². The number of hydrogen-bond donors (Lipinski definition) is 1. The summed E-state index contributed by atoms with van der Waals surface area (Å²) >= 11 is 0. The molecule has 0 aliphatic rings. The third-order valence-electron chi connectivity index (χ3n) is 3.10. The number of rotatable bonds is 4. The van der Waals surface area contributed by atoms with Crippen LogP contribution in [0.2, 0.25) is 0 Å². The average Bonchev–Trinajstić information content (AvgIpc) is 2.48. The molecule has 0 amide bonds. The lowest BCUT2D eigenvalue weighted by Gasteiger charge is -2.18. The maximum Gasteiger partial charge on any atom is 0.416 e. The second kappa shape index (κ2) is 6.36. The molecule has 0 saturated carbocycles. The van der Waals surface area contributed by atoms with Crippen LogP contribution in [0.15, 0.2) is 42.5 Å². The molecule has 6 heteroatoms. The van der Waals surface area contributed by atoms with Crippen molar-refractivity contribution in [2.24, 2.45) is 0 Å². The monoisotopic (exact) mass is 314 g/mol. The lowest BCUT2D eigenvalue weighted by atomic mass is 9.98. The molecule has 1 unspecified atom stereocenters. The Balaban J connectivity index is 2.56. The van der Waals surface area contributed by atoms with E-state index in [2.05, 4.69) is 0 Å². The first kappa shape index (κ1) is 16.3. The summed E-state index contributed by atoms with van der Waals surface area (Å²) in [4.78, 5) is 0. The number of hydrogen-bond acceptors (Lipinski definition) is 2. The molecule has 0 heterocycles. The normalized spacial score (nSPS) is 13.0. The number of halogens is 4. The molecule has 0 fully saturated rings. The largest absolute Gasteiger partial charge is 0.491 e. The third-order valence-corrected chi connectivity index (χ3v) is 3.10. The molecule has 2 aromatic rings. The number of ether oxygens (including phenoxy) is 1. The first-order chi connectivity index (χ1) is 10.3. The number of benzene rings is 2. The molecule has 0 aliphatic carbocycles. The summed E-state index contributed by atoms with van der Waals surface area (Å²) in [6, 6.07) is 9.11. The summed E-state index contributed by atoms with van der Waals surface area (Å²) in [5.74, 6) is -1.52. The zero-order valence-corrected chi connectivity index (χ0v) is 11.7. The van der Waals surface area contributed by atoms with Crippen molar-refractivity contribution in [1.29, 1.82) is 0 Å². The lowest BCUT2D eigenvalue weighted by Crippen LogP contribution is -2.11. The number of aliphatic hydroxyl groups is 1. The fraction of sp³-hybridized carbons (Fsp3) is 0.250. The van der Waals surface area contributed by atoms with Gasteiger partial charge < -0.3 is 9.84 Å². The summed E-state index contributed by atoms with van der Waals surface area (Å²) in [5.41, 5.74) is -1.24. The number of alkyl halides is 3. The van der Waals surface area contributed by atoms with Crippen LogP contribution in [0.3, 0.4) is 0 Å². The van der Waals surface area contributed by atoms with Gasteiger partial charge >= 0.3 is 6.18 Å². The molecule has 1 atom stereocenters. The first-order valence-electron chi connectivity index (χ1n) is 6.61. The third kappa shape index (κ3) is 3.39. The van der Waals surface area contributed by atoms with Crippen LogP contribution in [0.25, 0.3) is 0 Å². The van der Waals surface area contributed by atoms with Crippen LogP contribution in [0, 0.1) is 5.82 Å². The zero-order chi connectivity index (χ0) is 16.3. The second-order valence-corrected chi connectivity index (χ2v) is 4.62. The zero-order valence-electron chi connectivity index (χ0n) is 11.7. The minimum atomic E-state index is -4.66. The highest BCUT2D eigenvalue weighted by Gasteiger charge is 2.34. The highest BCUT2D eigenvalue weighted by molar-refractivity contribution is 5.42. The van der Waals surface area contributed by atoms with Crippen molar-refractivity contribution in [3.05, 3.63) is 65.0 Å². The Morgan fingerprint density at radius 3 is 2.32 bits per heavy atom. The second-order valence-electron chi connectivity index (χ2n) is 4.62. The highest BCUT2D eigenvalue weighted by atomic mass is 19.4. The molecule has 0 radical (unpaired) electrons. The van der Waals surface area contributed by atoms with Crippen molar-refractivity contribution < 1.29 is 27.4 Å². The van der Waals surface area contributed by atoms with Crippen LogP contribution in [0.1, 0.15) is 29.7 Å². The smallest absolute Gasteiger partial charge is 0.416 e. The molecule has 0 aromatic heterocycles. The average molecular weight is 314 g/mol. The Kier molecular flexibility index (Phi) is 4.71. The van der Waals surface area contributed by atoms with Crippen LogP contribution >= 0.6 is 0 Å². The van der Waals surface area contributed by atoms with E-state index in [-0.39, 0.29) is 6.61 Å². The van der Waals surface area contributed by atoms with E-state index in [1.54, 1.807) is 18.2 Å². The van der Waals surface area contributed by atoms with Crippen molar-refractivity contribution in [2.45, 2.75) is 19.2 Å². The maximum atomic E-state index is 14.3. The van der Waals surface area contributed by atoms with E-state index in [0.29, 0.717) is 17.7 Å². The fourth-order valence-corrected chi connectivity index (χ4v) is 2.06. The molecule has 0 bridgehead atoms. The predicted molar refractivity (Wildman–Crippen MR) is 73.1 cm³/mol. The van der Waals surface area contributed by atoms with Gasteiger partial charge in [0.05, 0.1) is 12.2 Å². The van der Waals surface area contributed by atoms with Gasteiger partial charge in [-0.25, -0.2) is 4.39 Å². The van der Waals surface area contributed by atoms with E-state index in [4.69, 9.17) is 4.74 Å². The van der Waals surface area contributed by atoms with E-state index >= 15 is 0 Å². The Hall–Kier alpha value is -2.08. The molecular weight excluding hydrogens is 300 g/mol. The molecule has 2 nitrogen and oxygen atoms in total. The molecule has 22 heavy (non-hydrogen) atoms. The van der Waals surface area contributed by atoms with Crippen LogP contribution in [0.4, 0.5) is 17.6 Å². The van der Waals surface area contributed by atoms with Gasteiger partial charge in [-0.2, -0.15) is 13.2 Å². The van der Waals surface area contributed by atoms with Gasteiger partial charge in [0.1, 0.15) is 6.10 Å². The summed E-state index contributed by atoms with van der Waals surface area (Å²) in [7, 11) is 0. The van der Waals surface area contributed by atoms with Gasteiger partial charge in [0.15, 0.2) is 11.6 Å². The van der Waals surface area contributed by atoms with E-state index in [0.717, 1.165) is 0 Å². The van der Waals surface area contributed by atoms with E-state index in [1.165, 1.54) is 19.1 Å². The van der Waals surface area contributed by atoms with Gasteiger partial charge in [0.2, 0.25) is 0 Å². The Morgan fingerprint density at radius 1 is 1.14 bits per heavy atom. The minimum absolute atomic E-state index is 0.0130. The Bertz CT molecular complexity index is 639. The van der Waals surface area contributed by atoms with Crippen LogP contribution in [0.5, 0.6) is 5.75 Å².